The third-order valence-electron chi connectivity index (χ3n) is 4.70. The van der Waals surface area contributed by atoms with Crippen molar-refractivity contribution < 1.29 is 24.6 Å². The Kier molecular flexibility index (Phi) is 6.14. The number of aliphatic hydroxyl groups is 1. The molecule has 0 unspecified atom stereocenters. The second-order valence-corrected chi connectivity index (χ2v) is 6.46. The highest BCUT2D eigenvalue weighted by Gasteiger charge is 2.45. The predicted octanol–water partition coefficient (Wildman–Crippen LogP) is -1.91. The second-order valence-electron chi connectivity index (χ2n) is 6.46. The van der Waals surface area contributed by atoms with Crippen LogP contribution in [0, 0.1) is 0 Å². The Morgan fingerprint density at radius 3 is 2.54 bits per heavy atom. The van der Waals surface area contributed by atoms with E-state index in [2.05, 4.69) is 0 Å². The van der Waals surface area contributed by atoms with Gasteiger partial charge in [0, 0.05) is 19.5 Å². The first-order chi connectivity index (χ1) is 11.4. The number of aliphatic hydroxyl groups excluding tert-OH is 1. The lowest BCUT2D eigenvalue weighted by molar-refractivity contribution is -0.152. The Morgan fingerprint density at radius 2 is 1.92 bits per heavy atom. The molecule has 2 heterocycles. The summed E-state index contributed by atoms with van der Waals surface area (Å²) in [5, 5.41) is 18.9. The van der Waals surface area contributed by atoms with E-state index in [9.17, 15) is 24.6 Å². The molecule has 2 amide bonds. The molecule has 2 saturated heterocycles. The molecule has 0 radical (unpaired) electrons. The van der Waals surface area contributed by atoms with Gasteiger partial charge in [-0.05, 0) is 32.2 Å². The van der Waals surface area contributed by atoms with Crippen molar-refractivity contribution in [2.45, 2.75) is 56.3 Å². The number of hydrogen-bond acceptors (Lipinski definition) is 6. The maximum absolute atomic E-state index is 12.8. The maximum Gasteiger partial charge on any atom is 0.326 e. The van der Waals surface area contributed by atoms with E-state index in [1.165, 1.54) is 9.80 Å². The number of carbonyl (C=O) groups excluding carboxylic acids is 2. The standard InChI is InChI=1S/C15H26N4O5/c16-5-1-3-10(17)13(21)18-6-2-4-11(18)14(22)19-8-9(20)7-12(19)15(23)24/h9-12,20H,1-8,16-17H2,(H,23,24)/t9-,10+,11+,12+/m1/s1. The van der Waals surface area contributed by atoms with Gasteiger partial charge in [0.2, 0.25) is 11.8 Å². The Balaban J connectivity index is 2.07. The van der Waals surface area contributed by atoms with Crippen LogP contribution in [0.15, 0.2) is 0 Å². The summed E-state index contributed by atoms with van der Waals surface area (Å²) in [6, 6.07) is -2.45. The third-order valence-corrected chi connectivity index (χ3v) is 4.70. The quantitative estimate of drug-likeness (QED) is 0.440. The van der Waals surface area contributed by atoms with Crippen LogP contribution in [0.3, 0.4) is 0 Å². The highest BCUT2D eigenvalue weighted by Crippen LogP contribution is 2.25. The maximum atomic E-state index is 12.8. The fourth-order valence-corrected chi connectivity index (χ4v) is 3.44. The number of carboxylic acid groups (broad SMARTS) is 1. The summed E-state index contributed by atoms with van der Waals surface area (Å²) in [5.74, 6) is -1.86. The number of β-amino-alcohol motifs (C(OH)–C–C–N with tert-alkyl or cyclic N) is 1. The molecule has 9 heteroatoms. The molecule has 2 rings (SSSR count). The van der Waals surface area contributed by atoms with E-state index in [4.69, 9.17) is 11.5 Å². The first-order valence-electron chi connectivity index (χ1n) is 8.34. The number of nitrogens with zero attached hydrogens (tertiary/aromatic N) is 2. The van der Waals surface area contributed by atoms with Gasteiger partial charge >= 0.3 is 5.97 Å². The average Bonchev–Trinajstić information content (AvgIpc) is 3.17. The first-order valence-corrected chi connectivity index (χ1v) is 8.34. The molecule has 0 aliphatic carbocycles. The lowest BCUT2D eigenvalue weighted by atomic mass is 10.1. The molecule has 0 aromatic heterocycles. The van der Waals surface area contributed by atoms with Gasteiger partial charge in [0.25, 0.3) is 0 Å². The van der Waals surface area contributed by atoms with Gasteiger partial charge in [0.05, 0.1) is 12.1 Å². The zero-order valence-electron chi connectivity index (χ0n) is 13.6. The van der Waals surface area contributed by atoms with E-state index in [1.807, 2.05) is 0 Å². The minimum atomic E-state index is -1.14. The zero-order chi connectivity index (χ0) is 17.9. The monoisotopic (exact) mass is 342 g/mol. The number of nitrogens with two attached hydrogens (primary N) is 2. The van der Waals surface area contributed by atoms with Crippen LogP contribution < -0.4 is 11.5 Å². The molecule has 2 aliphatic rings. The van der Waals surface area contributed by atoms with Crippen LogP contribution >= 0.6 is 0 Å². The summed E-state index contributed by atoms with van der Waals surface area (Å²) in [7, 11) is 0. The summed E-state index contributed by atoms with van der Waals surface area (Å²) in [6.07, 6.45) is 1.38. The average molecular weight is 342 g/mol. The number of hydrogen-bond donors (Lipinski definition) is 4. The molecule has 0 bridgehead atoms. The normalized spacial score (nSPS) is 28.2. The van der Waals surface area contributed by atoms with Crippen LogP contribution in [0.25, 0.3) is 0 Å². The fourth-order valence-electron chi connectivity index (χ4n) is 3.44. The number of carbonyl (C=O) groups is 3. The number of rotatable bonds is 6. The molecular weight excluding hydrogens is 316 g/mol. The van der Waals surface area contributed by atoms with E-state index in [-0.39, 0.29) is 18.9 Å². The van der Waals surface area contributed by atoms with Crippen LogP contribution in [0.1, 0.15) is 32.1 Å². The predicted molar refractivity (Wildman–Crippen MR) is 84.8 cm³/mol. The largest absolute Gasteiger partial charge is 0.480 e. The Morgan fingerprint density at radius 1 is 1.21 bits per heavy atom. The molecule has 2 fully saturated rings. The van der Waals surface area contributed by atoms with Gasteiger partial charge < -0.3 is 31.5 Å². The van der Waals surface area contributed by atoms with Crippen molar-refractivity contribution >= 4 is 17.8 Å². The van der Waals surface area contributed by atoms with Crippen molar-refractivity contribution in [1.29, 1.82) is 0 Å². The zero-order valence-corrected chi connectivity index (χ0v) is 13.6. The van der Waals surface area contributed by atoms with Crippen LogP contribution in [0.2, 0.25) is 0 Å². The van der Waals surface area contributed by atoms with Crippen LogP contribution in [0.4, 0.5) is 0 Å². The topological polar surface area (TPSA) is 150 Å². The van der Waals surface area contributed by atoms with Crippen LogP contribution in [-0.4, -0.2) is 81.7 Å². The minimum absolute atomic E-state index is 0.0117. The fraction of sp³-hybridized carbons (Fsp3) is 0.800. The van der Waals surface area contributed by atoms with E-state index in [0.717, 1.165) is 0 Å². The van der Waals surface area contributed by atoms with Gasteiger partial charge in [-0.25, -0.2) is 4.79 Å². The molecule has 0 aromatic carbocycles. The van der Waals surface area contributed by atoms with Gasteiger partial charge in [-0.1, -0.05) is 0 Å². The third kappa shape index (κ3) is 3.85. The Bertz CT molecular complexity index is 500. The van der Waals surface area contributed by atoms with Gasteiger partial charge in [-0.2, -0.15) is 0 Å². The highest BCUT2D eigenvalue weighted by molar-refractivity contribution is 5.92. The first kappa shape index (κ1) is 18.6. The summed E-state index contributed by atoms with van der Waals surface area (Å²) in [6.45, 7) is 0.850. The summed E-state index contributed by atoms with van der Waals surface area (Å²) in [4.78, 5) is 39.2. The molecule has 9 nitrogen and oxygen atoms in total. The van der Waals surface area contributed by atoms with Crippen molar-refractivity contribution in [3.63, 3.8) is 0 Å². The molecule has 136 valence electrons. The lowest BCUT2D eigenvalue weighted by Crippen LogP contribution is -2.54. The summed E-state index contributed by atoms with van der Waals surface area (Å²) in [5.41, 5.74) is 11.3. The van der Waals surface area contributed by atoms with E-state index >= 15 is 0 Å². The van der Waals surface area contributed by atoms with Crippen molar-refractivity contribution in [2.24, 2.45) is 11.5 Å². The SMILES string of the molecule is NCCC[C@H](N)C(=O)N1CCC[C@H]1C(=O)N1C[C@H](O)C[C@H]1C(=O)O. The Hall–Kier alpha value is -1.71. The van der Waals surface area contributed by atoms with Gasteiger partial charge in [0.1, 0.15) is 12.1 Å². The highest BCUT2D eigenvalue weighted by atomic mass is 16.4. The molecule has 4 atom stereocenters. The molecule has 0 spiro atoms. The number of amides is 2. The molecule has 0 saturated carbocycles. The number of carboxylic acids is 1. The van der Waals surface area contributed by atoms with Crippen molar-refractivity contribution in [3.05, 3.63) is 0 Å². The van der Waals surface area contributed by atoms with E-state index in [1.54, 1.807) is 0 Å². The molecule has 0 aromatic rings. The van der Waals surface area contributed by atoms with E-state index < -0.39 is 36.1 Å². The molecule has 2 aliphatic heterocycles. The van der Waals surface area contributed by atoms with Crippen LogP contribution in [0.5, 0.6) is 0 Å². The second kappa shape index (κ2) is 7.91. The minimum Gasteiger partial charge on any atom is -0.480 e. The Labute approximate surface area is 140 Å². The molecule has 24 heavy (non-hydrogen) atoms. The number of likely N-dealkylation sites (tertiary alicyclic amines) is 2. The van der Waals surface area contributed by atoms with Gasteiger partial charge in [-0.3, -0.25) is 9.59 Å². The van der Waals surface area contributed by atoms with Gasteiger partial charge in [-0.15, -0.1) is 0 Å². The van der Waals surface area contributed by atoms with Gasteiger partial charge in [0.15, 0.2) is 0 Å². The lowest BCUT2D eigenvalue weighted by Gasteiger charge is -2.31. The smallest absolute Gasteiger partial charge is 0.326 e. The summed E-state index contributed by atoms with van der Waals surface area (Å²) >= 11 is 0. The number of aliphatic carboxylic acids is 1. The van der Waals surface area contributed by atoms with Crippen molar-refractivity contribution in [2.75, 3.05) is 19.6 Å². The van der Waals surface area contributed by atoms with Crippen LogP contribution in [-0.2, 0) is 14.4 Å². The molecular formula is C15H26N4O5. The molecule has 6 N–H and O–H groups in total. The van der Waals surface area contributed by atoms with E-state index in [0.29, 0.717) is 38.8 Å². The van der Waals surface area contributed by atoms with Crippen molar-refractivity contribution in [3.8, 4) is 0 Å². The summed E-state index contributed by atoms with van der Waals surface area (Å²) < 4.78 is 0. The van der Waals surface area contributed by atoms with Crippen molar-refractivity contribution in [1.82, 2.24) is 9.80 Å².